The predicted molar refractivity (Wildman–Crippen MR) is 123 cm³/mol. The van der Waals surface area contributed by atoms with Gasteiger partial charge in [-0.25, -0.2) is 0 Å². The van der Waals surface area contributed by atoms with Crippen LogP contribution in [0.3, 0.4) is 0 Å². The molecule has 3 atom stereocenters. The lowest BCUT2D eigenvalue weighted by atomic mass is 9.94. The summed E-state index contributed by atoms with van der Waals surface area (Å²) in [5.74, 6) is 0.265. The minimum atomic E-state index is -0.431. The number of benzene rings is 1. The molecule has 1 fully saturated rings. The maximum atomic E-state index is 13.3. The molecule has 3 heterocycles. The van der Waals surface area contributed by atoms with Gasteiger partial charge in [0, 0.05) is 25.3 Å². The number of carbonyl (C=O) groups excluding carboxylic acids is 3. The Kier molecular flexibility index (Phi) is 7.16. The molecule has 182 valence electrons. The van der Waals surface area contributed by atoms with E-state index in [0.29, 0.717) is 48.6 Å². The monoisotopic (exact) mass is 470 g/mol. The lowest BCUT2D eigenvalue weighted by molar-refractivity contribution is -0.134. The molecule has 10 heteroatoms. The predicted octanol–water partition coefficient (Wildman–Crippen LogP) is 2.53. The van der Waals surface area contributed by atoms with Gasteiger partial charge in [-0.05, 0) is 44.4 Å². The molecule has 10 nitrogen and oxygen atoms in total. The number of hydrogen-bond acceptors (Lipinski definition) is 7. The fourth-order valence-corrected chi connectivity index (χ4v) is 4.32. The third-order valence-corrected chi connectivity index (χ3v) is 6.12. The van der Waals surface area contributed by atoms with Gasteiger partial charge < -0.3 is 29.5 Å². The number of anilines is 1. The smallest absolute Gasteiger partial charge is 0.277 e. The molecule has 2 N–H and O–H groups in total. The molecule has 1 aromatic heterocycles. The highest BCUT2D eigenvalue weighted by Crippen LogP contribution is 2.32. The highest BCUT2D eigenvalue weighted by Gasteiger charge is 2.39. The Balaban J connectivity index is 1.46. The Morgan fingerprint density at radius 3 is 2.79 bits per heavy atom. The fraction of sp³-hybridized carbons (Fsp3) is 0.500. The zero-order chi connectivity index (χ0) is 24.2. The summed E-state index contributed by atoms with van der Waals surface area (Å²) in [5, 5.41) is 9.33. The maximum absolute atomic E-state index is 13.3. The first kappa shape index (κ1) is 23.7. The molecular formula is C24H30N4O6. The van der Waals surface area contributed by atoms with Crippen molar-refractivity contribution in [3.8, 4) is 5.75 Å². The minimum absolute atomic E-state index is 0.0257. The van der Waals surface area contributed by atoms with Gasteiger partial charge in [0.25, 0.3) is 11.8 Å². The number of aromatic nitrogens is 1. The highest BCUT2D eigenvalue weighted by molar-refractivity contribution is 6.04. The van der Waals surface area contributed by atoms with Crippen molar-refractivity contribution in [3.63, 3.8) is 0 Å². The van der Waals surface area contributed by atoms with E-state index in [0.717, 1.165) is 6.42 Å². The third kappa shape index (κ3) is 5.22. The van der Waals surface area contributed by atoms with Crippen LogP contribution in [0.5, 0.6) is 5.75 Å². The Morgan fingerprint density at radius 2 is 2.06 bits per heavy atom. The molecule has 0 saturated carbocycles. The summed E-state index contributed by atoms with van der Waals surface area (Å²) in [5.41, 5.74) is 0.963. The van der Waals surface area contributed by atoms with E-state index >= 15 is 0 Å². The molecule has 3 amide bonds. The summed E-state index contributed by atoms with van der Waals surface area (Å²) in [6, 6.07) is 6.29. The summed E-state index contributed by atoms with van der Waals surface area (Å²) in [6.45, 7) is 4.61. The standard InChI is InChI=1S/C24H30N4O6/c1-4-9-25-22(29)12-16-6-7-19-21(33-16)13-32-20-8-5-15(11-17(20)24(31)28(19)3)26-23(30)18-10-14(2)34-27-18/h5,8,10-11,16,19,21H,4,6-7,9,12-13H2,1-3H3,(H,25,29)(H,26,30)/t16-,19-,21-/m0/s1. The molecule has 4 rings (SSSR count). The first-order chi connectivity index (χ1) is 16.4. The largest absolute Gasteiger partial charge is 0.490 e. The van der Waals surface area contributed by atoms with E-state index in [9.17, 15) is 14.4 Å². The summed E-state index contributed by atoms with van der Waals surface area (Å²) in [4.78, 5) is 39.5. The van der Waals surface area contributed by atoms with Crippen molar-refractivity contribution in [2.75, 3.05) is 25.5 Å². The SMILES string of the molecule is CCCNC(=O)C[C@@H]1CC[C@H]2[C@H](COc3ccc(NC(=O)c4cc(C)on4)cc3C(=O)N2C)O1. The van der Waals surface area contributed by atoms with E-state index < -0.39 is 5.91 Å². The van der Waals surface area contributed by atoms with E-state index in [1.165, 1.54) is 6.07 Å². The van der Waals surface area contributed by atoms with Crippen LogP contribution in [0.25, 0.3) is 0 Å². The molecule has 2 aromatic rings. The number of nitrogens with zero attached hydrogens (tertiary/aromatic N) is 2. The second-order valence-electron chi connectivity index (χ2n) is 8.71. The summed E-state index contributed by atoms with van der Waals surface area (Å²) >= 11 is 0. The van der Waals surface area contributed by atoms with Crippen LogP contribution in [0.15, 0.2) is 28.8 Å². The van der Waals surface area contributed by atoms with Gasteiger partial charge in [0.1, 0.15) is 24.2 Å². The Labute approximate surface area is 197 Å². The van der Waals surface area contributed by atoms with Crippen LogP contribution in [0.1, 0.15) is 59.2 Å². The van der Waals surface area contributed by atoms with Gasteiger partial charge in [0.05, 0.1) is 24.1 Å². The second kappa shape index (κ2) is 10.3. The van der Waals surface area contributed by atoms with Gasteiger partial charge in [0.15, 0.2) is 5.69 Å². The van der Waals surface area contributed by atoms with Gasteiger partial charge in [-0.1, -0.05) is 12.1 Å². The summed E-state index contributed by atoms with van der Waals surface area (Å²) in [6.07, 6.45) is 2.02. The van der Waals surface area contributed by atoms with E-state index in [-0.39, 0.29) is 42.4 Å². The number of rotatable bonds is 6. The van der Waals surface area contributed by atoms with Gasteiger partial charge >= 0.3 is 0 Å². The first-order valence-electron chi connectivity index (χ1n) is 11.6. The number of ether oxygens (including phenoxy) is 2. The number of aryl methyl sites for hydroxylation is 1. The number of hydrogen-bond donors (Lipinski definition) is 2. The number of amides is 3. The van der Waals surface area contributed by atoms with Crippen LogP contribution in [0.4, 0.5) is 5.69 Å². The van der Waals surface area contributed by atoms with Gasteiger partial charge in [0.2, 0.25) is 5.91 Å². The molecule has 0 unspecified atom stereocenters. The second-order valence-corrected chi connectivity index (χ2v) is 8.71. The van der Waals surface area contributed by atoms with Crippen molar-refractivity contribution in [1.82, 2.24) is 15.4 Å². The first-order valence-corrected chi connectivity index (χ1v) is 11.6. The van der Waals surface area contributed by atoms with Gasteiger partial charge in [-0.15, -0.1) is 0 Å². The highest BCUT2D eigenvalue weighted by atomic mass is 16.5. The van der Waals surface area contributed by atoms with E-state index in [1.54, 1.807) is 37.1 Å². The third-order valence-electron chi connectivity index (χ3n) is 6.12. The molecular weight excluding hydrogens is 440 g/mol. The Morgan fingerprint density at radius 1 is 1.24 bits per heavy atom. The fourth-order valence-electron chi connectivity index (χ4n) is 4.32. The number of fused-ring (bicyclic) bond motifs is 2. The maximum Gasteiger partial charge on any atom is 0.277 e. The Hall–Kier alpha value is -3.40. The summed E-state index contributed by atoms with van der Waals surface area (Å²) < 4.78 is 17.1. The van der Waals surface area contributed by atoms with Crippen molar-refractivity contribution >= 4 is 23.4 Å². The molecule has 2 aliphatic heterocycles. The molecule has 1 saturated heterocycles. The summed E-state index contributed by atoms with van der Waals surface area (Å²) in [7, 11) is 1.75. The van der Waals surface area contributed by atoms with Crippen molar-refractivity contribution in [2.45, 2.75) is 57.8 Å². The lowest BCUT2D eigenvalue weighted by Gasteiger charge is -2.42. The molecule has 0 aliphatic carbocycles. The molecule has 0 spiro atoms. The molecule has 0 radical (unpaired) electrons. The van der Waals surface area contributed by atoms with Crippen molar-refractivity contribution in [1.29, 1.82) is 0 Å². The Bertz CT molecular complexity index is 1070. The normalized spacial score (nSPS) is 22.0. The van der Waals surface area contributed by atoms with Crippen molar-refractivity contribution in [2.24, 2.45) is 0 Å². The zero-order valence-electron chi connectivity index (χ0n) is 19.6. The van der Waals surface area contributed by atoms with Crippen LogP contribution >= 0.6 is 0 Å². The number of carbonyl (C=O) groups is 3. The topological polar surface area (TPSA) is 123 Å². The van der Waals surface area contributed by atoms with Crippen LogP contribution in [-0.4, -0.2) is 66.2 Å². The molecule has 2 aliphatic rings. The average Bonchev–Trinajstić information content (AvgIpc) is 3.27. The van der Waals surface area contributed by atoms with Crippen molar-refractivity contribution in [3.05, 3.63) is 41.3 Å². The van der Waals surface area contributed by atoms with E-state index in [4.69, 9.17) is 14.0 Å². The van der Waals surface area contributed by atoms with Gasteiger partial charge in [-0.3, -0.25) is 14.4 Å². The molecule has 1 aromatic carbocycles. The van der Waals surface area contributed by atoms with Crippen molar-refractivity contribution < 1.29 is 28.4 Å². The van der Waals surface area contributed by atoms with E-state index in [2.05, 4.69) is 15.8 Å². The van der Waals surface area contributed by atoms with Crippen LogP contribution in [0.2, 0.25) is 0 Å². The number of likely N-dealkylation sites (N-methyl/N-ethyl adjacent to an activating group) is 1. The average molecular weight is 471 g/mol. The zero-order valence-corrected chi connectivity index (χ0v) is 19.6. The minimum Gasteiger partial charge on any atom is -0.490 e. The van der Waals surface area contributed by atoms with Crippen LogP contribution in [-0.2, 0) is 9.53 Å². The van der Waals surface area contributed by atoms with Crippen LogP contribution in [0, 0.1) is 6.92 Å². The quantitative estimate of drug-likeness (QED) is 0.665. The van der Waals surface area contributed by atoms with Crippen LogP contribution < -0.4 is 15.4 Å². The van der Waals surface area contributed by atoms with Gasteiger partial charge in [-0.2, -0.15) is 0 Å². The van der Waals surface area contributed by atoms with E-state index in [1.807, 2.05) is 6.92 Å². The molecule has 0 bridgehead atoms. The molecule has 34 heavy (non-hydrogen) atoms. The lowest BCUT2D eigenvalue weighted by Crippen LogP contribution is -2.54. The number of nitrogens with one attached hydrogen (secondary N) is 2.